The van der Waals surface area contributed by atoms with Crippen LogP contribution in [-0.4, -0.2) is 19.4 Å². The topological polar surface area (TPSA) is 22.1 Å². The molecule has 0 aliphatic carbocycles. The van der Waals surface area contributed by atoms with Crippen molar-refractivity contribution >= 4 is 13.4 Å². The maximum absolute atomic E-state index is 5.39. The summed E-state index contributed by atoms with van der Waals surface area (Å²) in [5, 5.41) is 0. The molecule has 11 heavy (non-hydrogen) atoms. The average Bonchev–Trinajstić information content (AvgIpc) is 2.04. The van der Waals surface area contributed by atoms with Crippen LogP contribution < -0.4 is 10.3 Å². The summed E-state index contributed by atoms with van der Waals surface area (Å²) in [6.45, 7) is 2.79. The Balaban J connectivity index is 2.52. The van der Waals surface area contributed by atoms with E-state index in [0.29, 0.717) is 5.59 Å². The van der Waals surface area contributed by atoms with Crippen LogP contribution in [0.3, 0.4) is 0 Å². The van der Waals surface area contributed by atoms with Crippen molar-refractivity contribution in [1.82, 2.24) is 4.98 Å². The number of pyridine rings is 1. The standard InChI is InChI=1S/C8H10BNO/c1-2-5-11-7-3-4-8(9)10-6-7/h3-4,6H,2,5H2,1H3. The average molecular weight is 147 g/mol. The Hall–Kier alpha value is -0.985. The second-order valence-electron chi connectivity index (χ2n) is 2.27. The Labute approximate surface area is 68.0 Å². The van der Waals surface area contributed by atoms with E-state index in [0.717, 1.165) is 18.8 Å². The van der Waals surface area contributed by atoms with Gasteiger partial charge < -0.3 is 4.74 Å². The van der Waals surface area contributed by atoms with Crippen LogP contribution in [0, 0.1) is 0 Å². The molecule has 0 aliphatic rings. The molecule has 0 aromatic carbocycles. The third-order valence-corrected chi connectivity index (χ3v) is 1.23. The highest BCUT2D eigenvalue weighted by Crippen LogP contribution is 2.04. The number of rotatable bonds is 3. The largest absolute Gasteiger partial charge is 0.492 e. The summed E-state index contributed by atoms with van der Waals surface area (Å²) in [6, 6.07) is 3.54. The summed E-state index contributed by atoms with van der Waals surface area (Å²) in [5.41, 5.74) is 0.522. The van der Waals surface area contributed by atoms with Gasteiger partial charge in [0, 0.05) is 0 Å². The van der Waals surface area contributed by atoms with Gasteiger partial charge in [0.15, 0.2) is 0 Å². The van der Waals surface area contributed by atoms with Crippen LogP contribution in [0.15, 0.2) is 18.3 Å². The van der Waals surface area contributed by atoms with Gasteiger partial charge in [-0.2, -0.15) is 0 Å². The monoisotopic (exact) mass is 147 g/mol. The van der Waals surface area contributed by atoms with Crippen LogP contribution in [0.25, 0.3) is 0 Å². The maximum atomic E-state index is 5.39. The molecular weight excluding hydrogens is 137 g/mol. The van der Waals surface area contributed by atoms with Crippen molar-refractivity contribution in [2.75, 3.05) is 6.61 Å². The minimum absolute atomic E-state index is 0.522. The summed E-state index contributed by atoms with van der Waals surface area (Å²) in [5.74, 6) is 0.779. The van der Waals surface area contributed by atoms with E-state index in [1.807, 2.05) is 6.07 Å². The lowest BCUT2D eigenvalue weighted by Gasteiger charge is -2.02. The molecule has 1 rings (SSSR count). The third kappa shape index (κ3) is 2.62. The van der Waals surface area contributed by atoms with Crippen molar-refractivity contribution in [3.8, 4) is 5.75 Å². The van der Waals surface area contributed by atoms with E-state index >= 15 is 0 Å². The lowest BCUT2D eigenvalue weighted by Crippen LogP contribution is -2.06. The van der Waals surface area contributed by atoms with Crippen LogP contribution in [0.5, 0.6) is 5.75 Å². The molecule has 0 N–H and O–H groups in total. The Morgan fingerprint density at radius 2 is 2.36 bits per heavy atom. The number of aromatic nitrogens is 1. The van der Waals surface area contributed by atoms with Gasteiger partial charge in [0.2, 0.25) is 0 Å². The molecule has 0 amide bonds. The minimum atomic E-state index is 0.522. The van der Waals surface area contributed by atoms with Gasteiger partial charge in [-0.1, -0.05) is 6.92 Å². The molecule has 0 unspecified atom stereocenters. The van der Waals surface area contributed by atoms with Crippen LogP contribution in [0.4, 0.5) is 0 Å². The van der Waals surface area contributed by atoms with Gasteiger partial charge in [0.05, 0.1) is 12.8 Å². The van der Waals surface area contributed by atoms with Gasteiger partial charge >= 0.3 is 0 Å². The van der Waals surface area contributed by atoms with E-state index in [4.69, 9.17) is 12.6 Å². The molecule has 1 heterocycles. The summed E-state index contributed by atoms with van der Waals surface area (Å²) >= 11 is 0. The van der Waals surface area contributed by atoms with Crippen molar-refractivity contribution in [2.45, 2.75) is 13.3 Å². The molecular formula is C8H10BNO. The molecule has 1 aromatic heterocycles. The zero-order valence-electron chi connectivity index (χ0n) is 6.58. The van der Waals surface area contributed by atoms with Gasteiger partial charge in [-0.25, -0.2) is 0 Å². The van der Waals surface area contributed by atoms with E-state index in [1.165, 1.54) is 0 Å². The van der Waals surface area contributed by atoms with Crippen molar-refractivity contribution in [2.24, 2.45) is 0 Å². The summed E-state index contributed by atoms with van der Waals surface area (Å²) in [6.07, 6.45) is 2.63. The highest BCUT2D eigenvalue weighted by atomic mass is 16.5. The fourth-order valence-electron chi connectivity index (χ4n) is 0.697. The highest BCUT2D eigenvalue weighted by molar-refractivity contribution is 6.30. The summed E-state index contributed by atoms with van der Waals surface area (Å²) < 4.78 is 5.29. The van der Waals surface area contributed by atoms with Crippen molar-refractivity contribution in [1.29, 1.82) is 0 Å². The Kier molecular flexibility index (Phi) is 2.96. The smallest absolute Gasteiger partial charge is 0.141 e. The number of nitrogens with zero attached hydrogens (tertiary/aromatic N) is 1. The lowest BCUT2D eigenvalue weighted by molar-refractivity contribution is 0.316. The molecule has 0 fully saturated rings. The molecule has 56 valence electrons. The molecule has 2 nitrogen and oxygen atoms in total. The Morgan fingerprint density at radius 3 is 2.91 bits per heavy atom. The van der Waals surface area contributed by atoms with Gasteiger partial charge in [-0.15, -0.1) is 0 Å². The van der Waals surface area contributed by atoms with Crippen LogP contribution >= 0.6 is 0 Å². The fourth-order valence-corrected chi connectivity index (χ4v) is 0.697. The van der Waals surface area contributed by atoms with Gasteiger partial charge in [-0.3, -0.25) is 4.98 Å². The minimum Gasteiger partial charge on any atom is -0.492 e. The maximum Gasteiger partial charge on any atom is 0.141 e. The van der Waals surface area contributed by atoms with E-state index in [-0.39, 0.29) is 0 Å². The number of hydrogen-bond donors (Lipinski definition) is 0. The van der Waals surface area contributed by atoms with E-state index in [9.17, 15) is 0 Å². The highest BCUT2D eigenvalue weighted by Gasteiger charge is 1.90. The quantitative estimate of drug-likeness (QED) is 0.586. The van der Waals surface area contributed by atoms with Crippen molar-refractivity contribution < 1.29 is 4.74 Å². The zero-order chi connectivity index (χ0) is 8.10. The zero-order valence-corrected chi connectivity index (χ0v) is 6.58. The van der Waals surface area contributed by atoms with Crippen molar-refractivity contribution in [3.05, 3.63) is 18.3 Å². The molecule has 0 saturated carbocycles. The van der Waals surface area contributed by atoms with Crippen molar-refractivity contribution in [3.63, 3.8) is 0 Å². The molecule has 0 aliphatic heterocycles. The first kappa shape index (κ1) is 8.11. The molecule has 3 heteroatoms. The molecule has 0 bridgehead atoms. The van der Waals surface area contributed by atoms with E-state index in [2.05, 4.69) is 11.9 Å². The lowest BCUT2D eigenvalue weighted by atomic mass is 10.0. The summed E-state index contributed by atoms with van der Waals surface area (Å²) in [4.78, 5) is 3.88. The molecule has 0 spiro atoms. The van der Waals surface area contributed by atoms with Crippen LogP contribution in [0.1, 0.15) is 13.3 Å². The normalized spacial score (nSPS) is 9.55. The first-order valence-electron chi connectivity index (χ1n) is 3.67. The first-order chi connectivity index (χ1) is 5.33. The molecule has 0 atom stereocenters. The molecule has 2 radical (unpaired) electrons. The molecule has 1 aromatic rings. The third-order valence-electron chi connectivity index (χ3n) is 1.23. The predicted octanol–water partition coefficient (Wildman–Crippen LogP) is 0.664. The van der Waals surface area contributed by atoms with Gasteiger partial charge in [-0.05, 0) is 24.1 Å². The number of hydrogen-bond acceptors (Lipinski definition) is 2. The summed E-state index contributed by atoms with van der Waals surface area (Å²) in [7, 11) is 5.39. The molecule has 0 saturated heterocycles. The van der Waals surface area contributed by atoms with Gasteiger partial charge in [0.25, 0.3) is 0 Å². The van der Waals surface area contributed by atoms with E-state index < -0.39 is 0 Å². The second kappa shape index (κ2) is 4.01. The van der Waals surface area contributed by atoms with Gasteiger partial charge in [0.1, 0.15) is 13.6 Å². The predicted molar refractivity (Wildman–Crippen MR) is 45.4 cm³/mol. The number of ether oxygens (including phenoxy) is 1. The Morgan fingerprint density at radius 1 is 1.55 bits per heavy atom. The Bertz CT molecular complexity index is 210. The second-order valence-corrected chi connectivity index (χ2v) is 2.27. The fraction of sp³-hybridized carbons (Fsp3) is 0.375. The first-order valence-corrected chi connectivity index (χ1v) is 3.67. The van der Waals surface area contributed by atoms with E-state index in [1.54, 1.807) is 12.3 Å². The van der Waals surface area contributed by atoms with Crippen LogP contribution in [0.2, 0.25) is 0 Å². The van der Waals surface area contributed by atoms with Crippen LogP contribution in [-0.2, 0) is 0 Å². The SMILES string of the molecule is [B]c1ccc(OCCC)cn1.